The molecule has 0 radical (unpaired) electrons. The summed E-state index contributed by atoms with van der Waals surface area (Å²) in [5.74, 6) is 0.0984. The Morgan fingerprint density at radius 1 is 0.714 bits per heavy atom. The summed E-state index contributed by atoms with van der Waals surface area (Å²) in [6.45, 7) is 0. The molecule has 35 heavy (non-hydrogen) atoms. The molecule has 0 amide bonds. The van der Waals surface area contributed by atoms with Crippen LogP contribution in [0.4, 0.5) is 11.4 Å². The molecule has 2 atom stereocenters. The van der Waals surface area contributed by atoms with Crippen molar-refractivity contribution in [1.29, 1.82) is 0 Å². The Morgan fingerprint density at radius 3 is 1.77 bits per heavy atom. The smallest absolute Gasteiger partial charge is 0.283 e. The van der Waals surface area contributed by atoms with E-state index in [1.807, 2.05) is 95.9 Å². The van der Waals surface area contributed by atoms with Crippen LogP contribution in [0, 0.1) is 10.1 Å². The molecule has 0 aromatic heterocycles. The number of amidine groups is 1. The van der Waals surface area contributed by atoms with Gasteiger partial charge in [0.15, 0.2) is 0 Å². The molecule has 4 aromatic carbocycles. The van der Waals surface area contributed by atoms with Crippen LogP contribution in [0.1, 0.15) is 23.1 Å². The number of rotatable bonds is 6. The monoisotopic (exact) mass is 483 g/mol. The Bertz CT molecular complexity index is 1420. The molecule has 5 rings (SSSR count). The van der Waals surface area contributed by atoms with Gasteiger partial charge in [0.1, 0.15) is 5.84 Å². The topological polar surface area (TPSA) is 92.9 Å². The highest BCUT2D eigenvalue weighted by Crippen LogP contribution is 2.50. The number of para-hydroxylation sites is 1. The highest BCUT2D eigenvalue weighted by atomic mass is 32.2. The van der Waals surface area contributed by atoms with Crippen LogP contribution in [-0.4, -0.2) is 19.2 Å². The van der Waals surface area contributed by atoms with Gasteiger partial charge < -0.3 is 4.90 Å². The van der Waals surface area contributed by atoms with Crippen molar-refractivity contribution in [2.75, 3.05) is 4.90 Å². The Morgan fingerprint density at radius 2 is 1.23 bits per heavy atom. The molecule has 8 heteroatoms. The summed E-state index contributed by atoms with van der Waals surface area (Å²) in [6, 6.07) is 33.8. The fourth-order valence-corrected chi connectivity index (χ4v) is 5.42. The lowest BCUT2D eigenvalue weighted by Crippen LogP contribution is -2.54. The van der Waals surface area contributed by atoms with Crippen LogP contribution >= 0.6 is 0 Å². The van der Waals surface area contributed by atoms with E-state index in [0.29, 0.717) is 5.84 Å². The number of benzene rings is 4. The summed E-state index contributed by atoms with van der Waals surface area (Å²) in [6.07, 6.45) is 0. The number of nitrogens with zero attached hydrogens (tertiary/aromatic N) is 3. The fourth-order valence-electron chi connectivity index (χ4n) is 4.38. The summed E-state index contributed by atoms with van der Waals surface area (Å²) < 4.78 is 31.0. The zero-order valence-electron chi connectivity index (χ0n) is 18.5. The lowest BCUT2D eigenvalue weighted by atomic mass is 9.77. The molecule has 1 saturated heterocycles. The molecule has 1 aliphatic heterocycles. The van der Waals surface area contributed by atoms with Crippen LogP contribution in [0.5, 0.6) is 0 Å². The molecule has 0 bridgehead atoms. The van der Waals surface area contributed by atoms with Crippen LogP contribution in [0.3, 0.4) is 0 Å². The molecule has 0 N–H and O–H groups in total. The molecule has 174 valence electrons. The van der Waals surface area contributed by atoms with Crippen LogP contribution < -0.4 is 4.90 Å². The number of non-ortho nitro benzene ring substituents is 1. The van der Waals surface area contributed by atoms with Gasteiger partial charge in [0.25, 0.3) is 15.7 Å². The first-order chi connectivity index (χ1) is 17.0. The maximum Gasteiger partial charge on any atom is 0.283 e. The van der Waals surface area contributed by atoms with Gasteiger partial charge in [-0.15, -0.1) is 4.40 Å². The average Bonchev–Trinajstić information content (AvgIpc) is 2.88. The third kappa shape index (κ3) is 4.31. The van der Waals surface area contributed by atoms with Gasteiger partial charge in [-0.05, 0) is 35.4 Å². The van der Waals surface area contributed by atoms with Gasteiger partial charge in [0.05, 0.1) is 21.8 Å². The molecule has 0 aliphatic carbocycles. The number of nitro groups is 1. The number of hydrogen-bond acceptors (Lipinski definition) is 4. The van der Waals surface area contributed by atoms with Crippen LogP contribution in [0.2, 0.25) is 0 Å². The van der Waals surface area contributed by atoms with Crippen molar-refractivity contribution in [2.24, 2.45) is 4.40 Å². The Balaban J connectivity index is 1.66. The van der Waals surface area contributed by atoms with E-state index < -0.39 is 14.9 Å². The van der Waals surface area contributed by atoms with E-state index in [1.165, 1.54) is 24.3 Å². The zero-order chi connectivity index (χ0) is 24.4. The molecule has 1 aliphatic rings. The minimum absolute atomic E-state index is 0.0985. The van der Waals surface area contributed by atoms with Crippen molar-refractivity contribution < 1.29 is 13.3 Å². The molecular weight excluding hydrogens is 462 g/mol. The highest BCUT2D eigenvalue weighted by Gasteiger charge is 2.48. The third-order valence-electron chi connectivity index (χ3n) is 6.01. The fraction of sp³-hybridized carbons (Fsp3) is 0.0741. The number of anilines is 1. The van der Waals surface area contributed by atoms with Crippen molar-refractivity contribution in [2.45, 2.75) is 16.9 Å². The quantitative estimate of drug-likeness (QED) is 0.258. The Hall–Kier alpha value is -4.30. The Kier molecular flexibility index (Phi) is 5.88. The number of hydrogen-bond donors (Lipinski definition) is 0. The van der Waals surface area contributed by atoms with Crippen molar-refractivity contribution in [3.05, 3.63) is 137 Å². The number of sulfonamides is 1. The first-order valence-corrected chi connectivity index (χ1v) is 12.4. The Labute approximate surface area is 203 Å². The summed E-state index contributed by atoms with van der Waals surface area (Å²) in [7, 11) is -4.13. The van der Waals surface area contributed by atoms with Crippen molar-refractivity contribution in [3.8, 4) is 0 Å². The molecular formula is C27H21N3O4S. The van der Waals surface area contributed by atoms with Gasteiger partial charge >= 0.3 is 0 Å². The number of nitro benzene ring substituents is 1. The predicted octanol–water partition coefficient (Wildman–Crippen LogP) is 5.73. The maximum absolute atomic E-state index is 13.3. The van der Waals surface area contributed by atoms with Gasteiger partial charge in [0, 0.05) is 17.8 Å². The first kappa shape index (κ1) is 22.5. The van der Waals surface area contributed by atoms with Gasteiger partial charge in [-0.1, -0.05) is 78.9 Å². The standard InChI is InChI=1S/C27H21N3O4S/c31-30(32)23-16-18-24(19-17-23)35(33,34)28-27-25(20-10-4-1-5-11-20)26(21-12-6-2-7-13-21)29(27)22-14-8-3-9-15-22/h1-19,25-26H/b28-27+/t25-,26-/m1/s1. The minimum atomic E-state index is -4.13. The summed E-state index contributed by atoms with van der Waals surface area (Å²) in [5, 5.41) is 11.0. The summed E-state index contributed by atoms with van der Waals surface area (Å²) in [4.78, 5) is 12.3. The molecule has 0 spiro atoms. The van der Waals surface area contributed by atoms with Crippen LogP contribution in [0.25, 0.3) is 0 Å². The van der Waals surface area contributed by atoms with E-state index in [2.05, 4.69) is 4.40 Å². The predicted molar refractivity (Wildman–Crippen MR) is 135 cm³/mol. The van der Waals surface area contributed by atoms with E-state index in [4.69, 9.17) is 0 Å². The minimum Gasteiger partial charge on any atom is -0.320 e. The van der Waals surface area contributed by atoms with Gasteiger partial charge in [0.2, 0.25) is 0 Å². The van der Waals surface area contributed by atoms with E-state index in [1.54, 1.807) is 0 Å². The van der Waals surface area contributed by atoms with Crippen molar-refractivity contribution >= 4 is 27.2 Å². The lowest BCUT2D eigenvalue weighted by Gasteiger charge is -2.50. The molecule has 0 saturated carbocycles. The maximum atomic E-state index is 13.3. The SMILES string of the molecule is O=[N+]([O-])c1ccc(S(=O)(=O)/N=C2\[C@H](c3ccccc3)[C@@H](c3ccccc3)N2c2ccccc2)cc1. The van der Waals surface area contributed by atoms with E-state index in [-0.39, 0.29) is 22.5 Å². The molecule has 7 nitrogen and oxygen atoms in total. The zero-order valence-corrected chi connectivity index (χ0v) is 19.3. The molecule has 4 aromatic rings. The second-order valence-electron chi connectivity index (χ2n) is 8.12. The normalized spacial score (nSPS) is 18.7. The largest absolute Gasteiger partial charge is 0.320 e. The lowest BCUT2D eigenvalue weighted by molar-refractivity contribution is -0.384. The van der Waals surface area contributed by atoms with Gasteiger partial charge in [-0.25, -0.2) is 0 Å². The second-order valence-corrected chi connectivity index (χ2v) is 9.73. The summed E-state index contributed by atoms with van der Waals surface area (Å²) in [5.41, 5.74) is 2.63. The van der Waals surface area contributed by atoms with Crippen molar-refractivity contribution in [1.82, 2.24) is 0 Å². The van der Waals surface area contributed by atoms with Gasteiger partial charge in [-0.2, -0.15) is 8.42 Å². The van der Waals surface area contributed by atoms with E-state index >= 15 is 0 Å². The molecule has 1 fully saturated rings. The third-order valence-corrected chi connectivity index (χ3v) is 7.31. The molecule has 1 heterocycles. The van der Waals surface area contributed by atoms with Crippen molar-refractivity contribution in [3.63, 3.8) is 0 Å². The van der Waals surface area contributed by atoms with E-state index in [9.17, 15) is 18.5 Å². The van der Waals surface area contributed by atoms with Crippen LogP contribution in [0.15, 0.2) is 125 Å². The highest BCUT2D eigenvalue weighted by molar-refractivity contribution is 7.90. The first-order valence-electron chi connectivity index (χ1n) is 11.0. The second kappa shape index (κ2) is 9.15. The van der Waals surface area contributed by atoms with E-state index in [0.717, 1.165) is 16.8 Å². The summed E-state index contributed by atoms with van der Waals surface area (Å²) >= 11 is 0. The average molecular weight is 484 g/mol. The van der Waals surface area contributed by atoms with Crippen LogP contribution in [-0.2, 0) is 10.0 Å². The van der Waals surface area contributed by atoms with Gasteiger partial charge in [-0.3, -0.25) is 10.1 Å². The molecule has 0 unspecified atom stereocenters.